The van der Waals surface area contributed by atoms with Gasteiger partial charge in [0.1, 0.15) is 18.1 Å². The second kappa shape index (κ2) is 14.1. The Kier molecular flexibility index (Phi) is 11.9. The minimum atomic E-state index is -1.47. The van der Waals surface area contributed by atoms with Crippen molar-refractivity contribution in [2.24, 2.45) is 17.6 Å². The molecule has 0 bridgehead atoms. The molecule has 11 nitrogen and oxygen atoms in total. The van der Waals surface area contributed by atoms with Crippen molar-refractivity contribution in [1.29, 1.82) is 0 Å². The summed E-state index contributed by atoms with van der Waals surface area (Å²) in [5.41, 5.74) is 6.53. The zero-order valence-corrected chi connectivity index (χ0v) is 20.5. The lowest BCUT2D eigenvalue weighted by Crippen LogP contribution is -2.59. The predicted octanol–water partition coefficient (Wildman–Crippen LogP) is 0.272. The maximum absolute atomic E-state index is 12.9. The summed E-state index contributed by atoms with van der Waals surface area (Å²) in [6.45, 7) is 7.01. The molecule has 0 radical (unpaired) electrons. The van der Waals surface area contributed by atoms with Crippen molar-refractivity contribution < 1.29 is 34.2 Å². The highest BCUT2D eigenvalue weighted by Crippen LogP contribution is 2.08. The van der Waals surface area contributed by atoms with Gasteiger partial charge in [0.2, 0.25) is 17.7 Å². The molecule has 7 N–H and O–H groups in total. The van der Waals surface area contributed by atoms with E-state index in [4.69, 9.17) is 5.73 Å². The van der Waals surface area contributed by atoms with E-state index in [0.717, 1.165) is 0 Å². The molecular weight excluding hydrogens is 456 g/mol. The number of hydrogen-bond donors (Lipinski definition) is 6. The first-order valence-corrected chi connectivity index (χ1v) is 11.5. The van der Waals surface area contributed by atoms with Crippen LogP contribution in [0.4, 0.5) is 0 Å². The number of benzene rings is 1. The number of amides is 3. The van der Waals surface area contributed by atoms with Gasteiger partial charge in [0.05, 0.1) is 12.5 Å². The molecule has 4 unspecified atom stereocenters. The largest absolute Gasteiger partial charge is 0.481 e. The summed E-state index contributed by atoms with van der Waals surface area (Å²) in [6.07, 6.45) is -0.349. The summed E-state index contributed by atoms with van der Waals surface area (Å²) in [7, 11) is 0. The van der Waals surface area contributed by atoms with Crippen LogP contribution >= 0.6 is 0 Å². The van der Waals surface area contributed by atoms with Crippen LogP contribution in [-0.4, -0.2) is 64.0 Å². The monoisotopic (exact) mass is 492 g/mol. The molecule has 0 aliphatic rings. The van der Waals surface area contributed by atoms with Crippen molar-refractivity contribution in [3.8, 4) is 0 Å². The van der Waals surface area contributed by atoms with Gasteiger partial charge in [0, 0.05) is 6.42 Å². The van der Waals surface area contributed by atoms with E-state index in [1.165, 1.54) is 0 Å². The van der Waals surface area contributed by atoms with E-state index in [2.05, 4.69) is 16.0 Å². The molecule has 35 heavy (non-hydrogen) atoms. The average molecular weight is 493 g/mol. The van der Waals surface area contributed by atoms with E-state index in [1.807, 2.05) is 13.8 Å². The molecule has 0 fully saturated rings. The number of carbonyl (C=O) groups excluding carboxylic acids is 3. The van der Waals surface area contributed by atoms with Crippen LogP contribution in [0.3, 0.4) is 0 Å². The number of carbonyl (C=O) groups is 5. The van der Waals surface area contributed by atoms with Crippen molar-refractivity contribution >= 4 is 29.7 Å². The lowest BCUT2D eigenvalue weighted by atomic mass is 10.00. The smallest absolute Gasteiger partial charge is 0.326 e. The summed E-state index contributed by atoms with van der Waals surface area (Å²) in [6, 6.07) is 3.92. The Hall–Kier alpha value is -3.47. The predicted molar refractivity (Wildman–Crippen MR) is 128 cm³/mol. The van der Waals surface area contributed by atoms with Crippen LogP contribution in [0, 0.1) is 11.8 Å². The highest BCUT2D eigenvalue weighted by atomic mass is 16.4. The zero-order valence-electron chi connectivity index (χ0n) is 20.5. The number of rotatable bonds is 14. The lowest BCUT2D eigenvalue weighted by Gasteiger charge is -2.27. The molecule has 0 aliphatic heterocycles. The third-order valence-corrected chi connectivity index (χ3v) is 5.22. The Bertz CT molecular complexity index is 889. The average Bonchev–Trinajstić information content (AvgIpc) is 2.75. The molecule has 0 aliphatic carbocycles. The van der Waals surface area contributed by atoms with E-state index in [0.29, 0.717) is 12.0 Å². The third kappa shape index (κ3) is 10.6. The Labute approximate surface area is 204 Å². The first-order chi connectivity index (χ1) is 16.3. The van der Waals surface area contributed by atoms with E-state index >= 15 is 0 Å². The summed E-state index contributed by atoms with van der Waals surface area (Å²) in [4.78, 5) is 61.1. The molecule has 0 saturated carbocycles. The van der Waals surface area contributed by atoms with Gasteiger partial charge in [-0.3, -0.25) is 19.2 Å². The maximum Gasteiger partial charge on any atom is 0.326 e. The summed E-state index contributed by atoms with van der Waals surface area (Å²) in [5, 5.41) is 26.0. The van der Waals surface area contributed by atoms with Crippen LogP contribution < -0.4 is 21.7 Å². The lowest BCUT2D eigenvalue weighted by molar-refractivity contribution is -0.143. The molecule has 0 aromatic heterocycles. The molecule has 1 aromatic rings. The zero-order chi connectivity index (χ0) is 26.7. The molecule has 194 valence electrons. The van der Waals surface area contributed by atoms with Crippen LogP contribution in [-0.2, 0) is 30.4 Å². The molecule has 0 heterocycles. The minimum Gasteiger partial charge on any atom is -0.481 e. The Morgan fingerprint density at radius 2 is 1.40 bits per heavy atom. The number of hydrogen-bond acceptors (Lipinski definition) is 6. The normalized spacial score (nSPS) is 14.5. The summed E-state index contributed by atoms with van der Waals surface area (Å²) < 4.78 is 0. The molecule has 0 spiro atoms. The Balaban J connectivity index is 2.96. The Morgan fingerprint density at radius 3 is 1.89 bits per heavy atom. The van der Waals surface area contributed by atoms with E-state index < -0.39 is 66.2 Å². The number of carboxylic acids is 2. The van der Waals surface area contributed by atoms with Gasteiger partial charge in [-0.05, 0) is 23.8 Å². The second-order valence-electron chi connectivity index (χ2n) is 9.21. The fourth-order valence-corrected chi connectivity index (χ4v) is 3.38. The highest BCUT2D eigenvalue weighted by molar-refractivity contribution is 5.95. The van der Waals surface area contributed by atoms with E-state index in [-0.39, 0.29) is 12.3 Å². The third-order valence-electron chi connectivity index (χ3n) is 5.22. The molecular formula is C24H36N4O7. The quantitative estimate of drug-likeness (QED) is 0.213. The van der Waals surface area contributed by atoms with Crippen LogP contribution in [0.1, 0.15) is 46.1 Å². The van der Waals surface area contributed by atoms with Crippen LogP contribution in [0.5, 0.6) is 0 Å². The van der Waals surface area contributed by atoms with Gasteiger partial charge in [-0.25, -0.2) is 4.79 Å². The maximum atomic E-state index is 12.9. The molecule has 3 amide bonds. The van der Waals surface area contributed by atoms with Gasteiger partial charge in [0.15, 0.2) is 0 Å². The van der Waals surface area contributed by atoms with Gasteiger partial charge < -0.3 is 31.9 Å². The Morgan fingerprint density at radius 1 is 0.829 bits per heavy atom. The molecule has 4 atom stereocenters. The van der Waals surface area contributed by atoms with Crippen molar-refractivity contribution in [2.45, 2.75) is 71.1 Å². The van der Waals surface area contributed by atoms with Crippen LogP contribution in [0.25, 0.3) is 0 Å². The second-order valence-corrected chi connectivity index (χ2v) is 9.21. The molecule has 11 heteroatoms. The highest BCUT2D eigenvalue weighted by Gasteiger charge is 2.33. The van der Waals surface area contributed by atoms with Gasteiger partial charge in [-0.15, -0.1) is 0 Å². The van der Waals surface area contributed by atoms with Crippen molar-refractivity contribution in [2.75, 3.05) is 0 Å². The molecule has 1 aromatic carbocycles. The molecule has 0 saturated heterocycles. The van der Waals surface area contributed by atoms with Gasteiger partial charge in [0.25, 0.3) is 0 Å². The van der Waals surface area contributed by atoms with Crippen LogP contribution in [0.15, 0.2) is 30.3 Å². The van der Waals surface area contributed by atoms with Gasteiger partial charge >= 0.3 is 11.9 Å². The SMILES string of the molecule is CC(C)CC(N)C(=O)NC(CC(=O)O)C(=O)NC(C(=O)NC(Cc1ccccc1)C(=O)O)C(C)C. The number of nitrogens with two attached hydrogens (primary N) is 1. The number of nitrogens with one attached hydrogen (secondary N) is 3. The van der Waals surface area contributed by atoms with Crippen molar-refractivity contribution in [3.63, 3.8) is 0 Å². The first kappa shape index (κ1) is 29.6. The first-order valence-electron chi connectivity index (χ1n) is 11.5. The number of carboxylic acid groups (broad SMARTS) is 2. The van der Waals surface area contributed by atoms with Crippen LogP contribution in [0.2, 0.25) is 0 Å². The summed E-state index contributed by atoms with van der Waals surface area (Å²) >= 11 is 0. The minimum absolute atomic E-state index is 0.0338. The van der Waals surface area contributed by atoms with E-state index in [9.17, 15) is 34.2 Å². The fraction of sp³-hybridized carbons (Fsp3) is 0.542. The van der Waals surface area contributed by atoms with Crippen molar-refractivity contribution in [1.82, 2.24) is 16.0 Å². The number of aliphatic carboxylic acids is 2. The summed E-state index contributed by atoms with van der Waals surface area (Å²) in [5.74, 6) is -5.24. The van der Waals surface area contributed by atoms with E-state index in [1.54, 1.807) is 44.2 Å². The fourth-order valence-electron chi connectivity index (χ4n) is 3.38. The topological polar surface area (TPSA) is 188 Å². The standard InChI is InChI=1S/C24H36N4O7/c1-13(2)10-16(25)21(31)26-17(12-19(29)30)22(32)28-20(14(3)4)23(33)27-18(24(34)35)11-15-8-6-5-7-9-15/h5-9,13-14,16-18,20H,10-12,25H2,1-4H3,(H,26,31)(H,27,33)(H,28,32)(H,29,30)(H,34,35). The van der Waals surface area contributed by atoms with Crippen molar-refractivity contribution in [3.05, 3.63) is 35.9 Å². The molecule has 1 rings (SSSR count). The van der Waals surface area contributed by atoms with Gasteiger partial charge in [-0.2, -0.15) is 0 Å². The van der Waals surface area contributed by atoms with Gasteiger partial charge in [-0.1, -0.05) is 58.0 Å².